The molecule has 1 aromatic rings. The monoisotopic (exact) mass is 228 g/mol. The maximum absolute atomic E-state index is 9.59. The summed E-state index contributed by atoms with van der Waals surface area (Å²) in [5.41, 5.74) is 0.481. The Hall–Kier alpha value is -0.730. The standard InChI is InChI=1S/C12H17ClO2/c1-12(2,14)7-6-9-4-5-11(15-3)10(13)8-9/h4-5,8,14H,6-7H2,1-3H3. The maximum Gasteiger partial charge on any atom is 0.137 e. The summed E-state index contributed by atoms with van der Waals surface area (Å²) in [5, 5.41) is 10.2. The lowest BCUT2D eigenvalue weighted by molar-refractivity contribution is 0.0714. The van der Waals surface area contributed by atoms with E-state index in [-0.39, 0.29) is 0 Å². The summed E-state index contributed by atoms with van der Waals surface area (Å²) >= 11 is 5.99. The van der Waals surface area contributed by atoms with Crippen molar-refractivity contribution in [3.63, 3.8) is 0 Å². The van der Waals surface area contributed by atoms with Crippen LogP contribution in [0.2, 0.25) is 5.02 Å². The number of aliphatic hydroxyl groups is 1. The van der Waals surface area contributed by atoms with E-state index in [2.05, 4.69) is 0 Å². The number of hydrogen-bond donors (Lipinski definition) is 1. The van der Waals surface area contributed by atoms with Crippen LogP contribution in [0.25, 0.3) is 0 Å². The molecule has 15 heavy (non-hydrogen) atoms. The largest absolute Gasteiger partial charge is 0.495 e. The number of rotatable bonds is 4. The normalized spacial score (nSPS) is 11.5. The van der Waals surface area contributed by atoms with Gasteiger partial charge in [0.25, 0.3) is 0 Å². The van der Waals surface area contributed by atoms with Gasteiger partial charge in [-0.05, 0) is 44.4 Å². The van der Waals surface area contributed by atoms with Crippen molar-refractivity contribution in [2.75, 3.05) is 7.11 Å². The van der Waals surface area contributed by atoms with E-state index < -0.39 is 5.60 Å². The highest BCUT2D eigenvalue weighted by molar-refractivity contribution is 6.32. The fourth-order valence-corrected chi connectivity index (χ4v) is 1.60. The lowest BCUT2D eigenvalue weighted by Crippen LogP contribution is -2.19. The minimum atomic E-state index is -0.633. The van der Waals surface area contributed by atoms with E-state index in [4.69, 9.17) is 16.3 Å². The van der Waals surface area contributed by atoms with Gasteiger partial charge in [0.2, 0.25) is 0 Å². The van der Waals surface area contributed by atoms with E-state index in [1.165, 1.54) is 0 Å². The molecule has 0 unspecified atom stereocenters. The molecule has 84 valence electrons. The van der Waals surface area contributed by atoms with Crippen LogP contribution < -0.4 is 4.74 Å². The molecule has 0 saturated carbocycles. The minimum Gasteiger partial charge on any atom is -0.495 e. The highest BCUT2D eigenvalue weighted by Crippen LogP contribution is 2.26. The van der Waals surface area contributed by atoms with Gasteiger partial charge in [-0.25, -0.2) is 0 Å². The molecule has 1 N–H and O–H groups in total. The second kappa shape index (κ2) is 4.86. The zero-order valence-electron chi connectivity index (χ0n) is 9.38. The molecule has 0 aliphatic rings. The van der Waals surface area contributed by atoms with Crippen molar-refractivity contribution in [2.45, 2.75) is 32.3 Å². The Morgan fingerprint density at radius 2 is 2.07 bits per heavy atom. The van der Waals surface area contributed by atoms with Crippen molar-refractivity contribution < 1.29 is 9.84 Å². The van der Waals surface area contributed by atoms with Crippen LogP contribution in [0.15, 0.2) is 18.2 Å². The van der Waals surface area contributed by atoms with E-state index in [1.54, 1.807) is 21.0 Å². The van der Waals surface area contributed by atoms with Gasteiger partial charge in [-0.3, -0.25) is 0 Å². The van der Waals surface area contributed by atoms with Crippen LogP contribution in [0.3, 0.4) is 0 Å². The topological polar surface area (TPSA) is 29.5 Å². The fraction of sp³-hybridized carbons (Fsp3) is 0.500. The molecule has 0 atom stereocenters. The van der Waals surface area contributed by atoms with Gasteiger partial charge in [0.15, 0.2) is 0 Å². The number of aryl methyl sites for hydroxylation is 1. The van der Waals surface area contributed by atoms with Gasteiger partial charge in [-0.1, -0.05) is 17.7 Å². The zero-order valence-corrected chi connectivity index (χ0v) is 10.1. The van der Waals surface area contributed by atoms with Crippen LogP contribution in [0.4, 0.5) is 0 Å². The van der Waals surface area contributed by atoms with E-state index >= 15 is 0 Å². The molecule has 0 saturated heterocycles. The van der Waals surface area contributed by atoms with Gasteiger partial charge < -0.3 is 9.84 Å². The lowest BCUT2D eigenvalue weighted by Gasteiger charge is -2.16. The predicted molar refractivity (Wildman–Crippen MR) is 62.6 cm³/mol. The van der Waals surface area contributed by atoms with Gasteiger partial charge in [-0.2, -0.15) is 0 Å². The quantitative estimate of drug-likeness (QED) is 0.859. The number of benzene rings is 1. The third-order valence-corrected chi connectivity index (χ3v) is 2.54. The molecule has 2 nitrogen and oxygen atoms in total. The Morgan fingerprint density at radius 3 is 2.53 bits per heavy atom. The summed E-state index contributed by atoms with van der Waals surface area (Å²) in [7, 11) is 1.59. The third-order valence-electron chi connectivity index (χ3n) is 2.24. The number of halogens is 1. The first kappa shape index (κ1) is 12.3. The smallest absolute Gasteiger partial charge is 0.137 e. The molecular weight excluding hydrogens is 212 g/mol. The number of hydrogen-bond acceptors (Lipinski definition) is 2. The van der Waals surface area contributed by atoms with E-state index in [0.717, 1.165) is 18.4 Å². The first-order valence-electron chi connectivity index (χ1n) is 4.97. The molecule has 0 fully saturated rings. The van der Waals surface area contributed by atoms with Crippen LogP contribution in [-0.2, 0) is 6.42 Å². The second-order valence-corrected chi connectivity index (χ2v) is 4.69. The number of methoxy groups -OCH3 is 1. The van der Waals surface area contributed by atoms with Crippen molar-refractivity contribution in [2.24, 2.45) is 0 Å². The van der Waals surface area contributed by atoms with Crippen molar-refractivity contribution in [3.05, 3.63) is 28.8 Å². The average molecular weight is 229 g/mol. The molecule has 0 amide bonds. The third kappa shape index (κ3) is 4.10. The molecule has 0 bridgehead atoms. The Bertz CT molecular complexity index is 329. The van der Waals surface area contributed by atoms with Crippen LogP contribution in [0.5, 0.6) is 5.75 Å². The molecular formula is C12H17ClO2. The van der Waals surface area contributed by atoms with E-state index in [9.17, 15) is 5.11 Å². The van der Waals surface area contributed by atoms with Crippen molar-refractivity contribution in [1.29, 1.82) is 0 Å². The van der Waals surface area contributed by atoms with Gasteiger partial charge in [-0.15, -0.1) is 0 Å². The SMILES string of the molecule is COc1ccc(CCC(C)(C)O)cc1Cl. The summed E-state index contributed by atoms with van der Waals surface area (Å²) in [6.45, 7) is 3.61. The maximum atomic E-state index is 9.59. The molecule has 0 aromatic heterocycles. The molecule has 0 aliphatic carbocycles. The summed E-state index contributed by atoms with van der Waals surface area (Å²) in [6, 6.07) is 5.70. The molecule has 0 spiro atoms. The fourth-order valence-electron chi connectivity index (χ4n) is 1.32. The van der Waals surface area contributed by atoms with Gasteiger partial charge >= 0.3 is 0 Å². The molecule has 3 heteroatoms. The van der Waals surface area contributed by atoms with Crippen LogP contribution in [-0.4, -0.2) is 17.8 Å². The van der Waals surface area contributed by atoms with Crippen LogP contribution >= 0.6 is 11.6 Å². The first-order chi connectivity index (χ1) is 6.92. The molecule has 0 heterocycles. The summed E-state index contributed by atoms with van der Waals surface area (Å²) in [6.07, 6.45) is 1.53. The summed E-state index contributed by atoms with van der Waals surface area (Å²) in [5.74, 6) is 0.684. The summed E-state index contributed by atoms with van der Waals surface area (Å²) < 4.78 is 5.06. The summed E-state index contributed by atoms with van der Waals surface area (Å²) in [4.78, 5) is 0. The second-order valence-electron chi connectivity index (χ2n) is 4.28. The van der Waals surface area contributed by atoms with Crippen LogP contribution in [0.1, 0.15) is 25.8 Å². The highest BCUT2D eigenvalue weighted by Gasteiger charge is 2.12. The number of ether oxygens (including phenoxy) is 1. The lowest BCUT2D eigenvalue weighted by atomic mass is 9.99. The molecule has 1 rings (SSSR count). The van der Waals surface area contributed by atoms with E-state index in [0.29, 0.717) is 10.8 Å². The molecule has 1 aromatic carbocycles. The Kier molecular flexibility index (Phi) is 4.00. The zero-order chi connectivity index (χ0) is 11.5. The first-order valence-corrected chi connectivity index (χ1v) is 5.35. The van der Waals surface area contributed by atoms with Crippen LogP contribution in [0, 0.1) is 0 Å². The average Bonchev–Trinajstić information content (AvgIpc) is 2.14. The van der Waals surface area contributed by atoms with Crippen molar-refractivity contribution in [3.8, 4) is 5.75 Å². The minimum absolute atomic E-state index is 0.616. The Morgan fingerprint density at radius 1 is 1.40 bits per heavy atom. The highest BCUT2D eigenvalue weighted by atomic mass is 35.5. The Labute approximate surface area is 95.8 Å². The predicted octanol–water partition coefficient (Wildman–Crippen LogP) is 3.05. The molecule has 0 radical (unpaired) electrons. The van der Waals surface area contributed by atoms with Crippen molar-refractivity contribution >= 4 is 11.6 Å². The van der Waals surface area contributed by atoms with Gasteiger partial charge in [0.1, 0.15) is 5.75 Å². The van der Waals surface area contributed by atoms with Gasteiger partial charge in [0.05, 0.1) is 17.7 Å². The van der Waals surface area contributed by atoms with Gasteiger partial charge in [0, 0.05) is 0 Å². The van der Waals surface area contributed by atoms with Crippen molar-refractivity contribution in [1.82, 2.24) is 0 Å². The van der Waals surface area contributed by atoms with E-state index in [1.807, 2.05) is 18.2 Å². The molecule has 0 aliphatic heterocycles. The Balaban J connectivity index is 2.68.